The first-order valence-corrected chi connectivity index (χ1v) is 6.86. The fraction of sp³-hybridized carbons (Fsp3) is 0.222. The van der Waals surface area contributed by atoms with Gasteiger partial charge in [-0.1, -0.05) is 49.0 Å². The van der Waals surface area contributed by atoms with Gasteiger partial charge < -0.3 is 9.84 Å². The van der Waals surface area contributed by atoms with Crippen molar-refractivity contribution >= 4 is 0 Å². The van der Waals surface area contributed by atoms with Gasteiger partial charge in [-0.25, -0.2) is 4.39 Å². The summed E-state index contributed by atoms with van der Waals surface area (Å²) >= 11 is 0. The number of halogens is 1. The highest BCUT2D eigenvalue weighted by molar-refractivity contribution is 5.64. The smallest absolute Gasteiger partial charge is 0.143 e. The highest BCUT2D eigenvalue weighted by Crippen LogP contribution is 2.32. The van der Waals surface area contributed by atoms with Gasteiger partial charge >= 0.3 is 0 Å². The number of ether oxygens (including phenoxy) is 1. The third kappa shape index (κ3) is 3.14. The zero-order valence-corrected chi connectivity index (χ0v) is 12.3. The summed E-state index contributed by atoms with van der Waals surface area (Å²) in [6.07, 6.45) is 0. The maximum Gasteiger partial charge on any atom is 0.143 e. The molecule has 0 saturated carbocycles. The third-order valence-electron chi connectivity index (χ3n) is 3.48. The average molecular weight is 286 g/mol. The summed E-state index contributed by atoms with van der Waals surface area (Å²) in [7, 11) is 0. The van der Waals surface area contributed by atoms with E-state index in [1.54, 1.807) is 26.0 Å². The zero-order chi connectivity index (χ0) is 15.5. The summed E-state index contributed by atoms with van der Waals surface area (Å²) in [5.74, 6) is -0.180. The Morgan fingerprint density at radius 2 is 1.90 bits per heavy atom. The molecule has 0 spiro atoms. The highest BCUT2D eigenvalue weighted by Gasteiger charge is 2.29. The molecule has 1 unspecified atom stereocenters. The van der Waals surface area contributed by atoms with Crippen LogP contribution in [-0.4, -0.2) is 11.7 Å². The Bertz CT molecular complexity index is 633. The molecule has 2 aromatic rings. The molecule has 0 amide bonds. The highest BCUT2D eigenvalue weighted by atomic mass is 19.1. The molecule has 0 aliphatic rings. The van der Waals surface area contributed by atoms with Gasteiger partial charge in [-0.15, -0.1) is 0 Å². The zero-order valence-electron chi connectivity index (χ0n) is 12.3. The van der Waals surface area contributed by atoms with Crippen LogP contribution in [0.25, 0.3) is 11.1 Å². The van der Waals surface area contributed by atoms with Crippen molar-refractivity contribution in [1.82, 2.24) is 0 Å². The molecular formula is C18H19FO2. The van der Waals surface area contributed by atoms with Gasteiger partial charge in [0.25, 0.3) is 0 Å². The van der Waals surface area contributed by atoms with Crippen molar-refractivity contribution in [3.63, 3.8) is 0 Å². The van der Waals surface area contributed by atoms with Crippen LogP contribution in [0.4, 0.5) is 4.39 Å². The van der Waals surface area contributed by atoms with E-state index in [0.717, 1.165) is 5.56 Å². The minimum absolute atomic E-state index is 0.205. The van der Waals surface area contributed by atoms with Crippen LogP contribution in [0, 0.1) is 5.82 Å². The van der Waals surface area contributed by atoms with Crippen LogP contribution in [0.1, 0.15) is 19.4 Å². The molecule has 0 aliphatic heterocycles. The fourth-order valence-electron chi connectivity index (χ4n) is 2.15. The van der Waals surface area contributed by atoms with E-state index < -0.39 is 5.60 Å². The first-order valence-electron chi connectivity index (χ1n) is 6.86. The van der Waals surface area contributed by atoms with Crippen molar-refractivity contribution in [2.75, 3.05) is 6.61 Å². The Morgan fingerprint density at radius 1 is 1.24 bits per heavy atom. The molecule has 1 N–H and O–H groups in total. The Hall–Kier alpha value is -2.13. The van der Waals surface area contributed by atoms with E-state index >= 15 is 0 Å². The molecule has 21 heavy (non-hydrogen) atoms. The van der Waals surface area contributed by atoms with E-state index in [9.17, 15) is 9.50 Å². The molecule has 2 nitrogen and oxygen atoms in total. The minimum atomic E-state index is -1.42. The lowest BCUT2D eigenvalue weighted by Gasteiger charge is -2.26. The predicted octanol–water partition coefficient (Wildman–Crippen LogP) is 4.25. The second kappa shape index (κ2) is 6.10. The summed E-state index contributed by atoms with van der Waals surface area (Å²) in [6.45, 7) is 7.46. The maximum atomic E-state index is 14.3. The predicted molar refractivity (Wildman–Crippen MR) is 82.2 cm³/mol. The summed E-state index contributed by atoms with van der Waals surface area (Å²) in [5, 5.41) is 10.5. The van der Waals surface area contributed by atoms with Crippen molar-refractivity contribution in [3.8, 4) is 11.1 Å². The standard InChI is InChI=1S/C18H19FO2/c1-4-21-13(2)18(3,20)15-10-11-16(17(19)12-15)14-8-6-5-7-9-14/h5-12,20H,2,4H2,1,3H3. The average Bonchev–Trinajstić information content (AvgIpc) is 2.48. The van der Waals surface area contributed by atoms with E-state index in [2.05, 4.69) is 6.58 Å². The second-order valence-corrected chi connectivity index (χ2v) is 4.99. The lowest BCUT2D eigenvalue weighted by atomic mass is 9.92. The molecule has 0 heterocycles. The van der Waals surface area contributed by atoms with Crippen molar-refractivity contribution < 1.29 is 14.2 Å². The molecule has 110 valence electrons. The third-order valence-corrected chi connectivity index (χ3v) is 3.48. The van der Waals surface area contributed by atoms with Gasteiger partial charge in [0.1, 0.15) is 17.2 Å². The van der Waals surface area contributed by atoms with Crippen LogP contribution in [0.5, 0.6) is 0 Å². The molecule has 0 bridgehead atoms. The Kier molecular flexibility index (Phi) is 4.43. The SMILES string of the molecule is C=C(OCC)C(C)(O)c1ccc(-c2ccccc2)c(F)c1. The number of rotatable bonds is 5. The number of aliphatic hydroxyl groups is 1. The lowest BCUT2D eigenvalue weighted by Crippen LogP contribution is -2.25. The van der Waals surface area contributed by atoms with E-state index in [1.807, 2.05) is 30.3 Å². The summed E-state index contributed by atoms with van der Waals surface area (Å²) in [5.41, 5.74) is 0.284. The molecule has 2 rings (SSSR count). The van der Waals surface area contributed by atoms with Gasteiger partial charge in [0.2, 0.25) is 0 Å². The number of benzene rings is 2. The van der Waals surface area contributed by atoms with Gasteiger partial charge in [-0.05, 0) is 31.0 Å². The van der Waals surface area contributed by atoms with Crippen LogP contribution in [0.2, 0.25) is 0 Å². The Morgan fingerprint density at radius 3 is 2.48 bits per heavy atom. The van der Waals surface area contributed by atoms with E-state index in [0.29, 0.717) is 17.7 Å². The maximum absolute atomic E-state index is 14.3. The molecule has 0 aliphatic carbocycles. The molecule has 2 aromatic carbocycles. The molecule has 0 saturated heterocycles. The van der Waals surface area contributed by atoms with Gasteiger partial charge in [0.05, 0.1) is 6.61 Å². The molecule has 0 fully saturated rings. The Labute approximate surface area is 124 Å². The summed E-state index contributed by atoms with van der Waals surface area (Å²) in [6, 6.07) is 14.0. The first kappa shape index (κ1) is 15.3. The molecule has 3 heteroatoms. The van der Waals surface area contributed by atoms with Gasteiger partial charge in [0.15, 0.2) is 0 Å². The molecule has 0 radical (unpaired) electrons. The van der Waals surface area contributed by atoms with E-state index in [4.69, 9.17) is 4.74 Å². The van der Waals surface area contributed by atoms with E-state index in [-0.39, 0.29) is 11.6 Å². The molecule has 0 aromatic heterocycles. The molecular weight excluding hydrogens is 267 g/mol. The molecule has 1 atom stereocenters. The fourth-order valence-corrected chi connectivity index (χ4v) is 2.15. The number of hydrogen-bond acceptors (Lipinski definition) is 2. The van der Waals surface area contributed by atoms with Crippen molar-refractivity contribution in [2.45, 2.75) is 19.4 Å². The number of hydrogen-bond donors (Lipinski definition) is 1. The second-order valence-electron chi connectivity index (χ2n) is 4.99. The van der Waals surface area contributed by atoms with Crippen molar-refractivity contribution in [1.29, 1.82) is 0 Å². The van der Waals surface area contributed by atoms with Crippen LogP contribution >= 0.6 is 0 Å². The van der Waals surface area contributed by atoms with Crippen LogP contribution in [0.3, 0.4) is 0 Å². The van der Waals surface area contributed by atoms with Gasteiger partial charge in [0, 0.05) is 5.56 Å². The van der Waals surface area contributed by atoms with Crippen molar-refractivity contribution in [3.05, 3.63) is 72.2 Å². The first-order chi connectivity index (χ1) is 9.96. The Balaban J connectivity index is 2.38. The van der Waals surface area contributed by atoms with E-state index in [1.165, 1.54) is 6.07 Å². The summed E-state index contributed by atoms with van der Waals surface area (Å²) < 4.78 is 19.6. The van der Waals surface area contributed by atoms with Crippen molar-refractivity contribution in [2.24, 2.45) is 0 Å². The summed E-state index contributed by atoms with van der Waals surface area (Å²) in [4.78, 5) is 0. The topological polar surface area (TPSA) is 29.5 Å². The minimum Gasteiger partial charge on any atom is -0.495 e. The normalized spacial score (nSPS) is 13.5. The monoisotopic (exact) mass is 286 g/mol. The van der Waals surface area contributed by atoms with Gasteiger partial charge in [-0.3, -0.25) is 0 Å². The largest absolute Gasteiger partial charge is 0.495 e. The van der Waals surface area contributed by atoms with Crippen LogP contribution in [-0.2, 0) is 10.3 Å². The van der Waals surface area contributed by atoms with Crippen LogP contribution in [0.15, 0.2) is 60.9 Å². The van der Waals surface area contributed by atoms with Crippen LogP contribution < -0.4 is 0 Å². The lowest BCUT2D eigenvalue weighted by molar-refractivity contribution is 0.0253. The van der Waals surface area contributed by atoms with Gasteiger partial charge in [-0.2, -0.15) is 0 Å². The quantitative estimate of drug-likeness (QED) is 0.833.